The van der Waals surface area contributed by atoms with E-state index in [0.29, 0.717) is 0 Å². The third-order valence-corrected chi connectivity index (χ3v) is 0. The van der Waals surface area contributed by atoms with E-state index < -0.39 is 0 Å². The van der Waals surface area contributed by atoms with Crippen LogP contribution in [0.3, 0.4) is 0 Å². The molecule has 0 unspecified atom stereocenters. The van der Waals surface area contributed by atoms with E-state index >= 15 is 0 Å². The Labute approximate surface area is 84.5 Å². The topological polar surface area (TPSA) is 42.3 Å². The van der Waals surface area contributed by atoms with Crippen molar-refractivity contribution in [3.05, 3.63) is 16.0 Å². The van der Waals surface area contributed by atoms with Gasteiger partial charge >= 0.3 is 26.2 Å². The number of hydrogen-bond donors (Lipinski definition) is 0. The molecule has 0 bridgehead atoms. The van der Waals surface area contributed by atoms with E-state index in [-0.39, 0.29) is 26.2 Å². The largest absolute Gasteiger partial charge is 4.00 e. The van der Waals surface area contributed by atoms with Crippen molar-refractivity contribution < 1.29 is 26.2 Å². The van der Waals surface area contributed by atoms with Crippen LogP contribution >= 0.6 is 0 Å². The Bertz CT molecular complexity index is 17.7. The monoisotopic (exact) mass is 222 g/mol. The Morgan fingerprint density at radius 1 is 0.500 bits per heavy atom. The van der Waals surface area contributed by atoms with Crippen LogP contribution in [0.2, 0.25) is 0 Å². The molecule has 0 aromatic carbocycles. The fraction of sp³-hybridized carbons (Fsp3) is 1.00. The number of rotatable bonds is 0. The third-order valence-electron chi connectivity index (χ3n) is 0. The molecule has 0 N–H and O–H groups in total. The minimum atomic E-state index is 0. The molecule has 0 aliphatic heterocycles. The Morgan fingerprint density at radius 2 is 0.500 bits per heavy atom. The third kappa shape index (κ3) is 907. The first kappa shape index (κ1) is 22.4. The van der Waals surface area contributed by atoms with Crippen LogP contribution in [-0.4, -0.2) is 42.3 Å². The first-order valence-electron chi connectivity index (χ1n) is 2.68. The van der Waals surface area contributed by atoms with Crippen LogP contribution in [0.25, 0.3) is 16.0 Å². The zero-order chi connectivity index (χ0) is 8.12. The molecule has 0 amide bonds. The summed E-state index contributed by atoms with van der Waals surface area (Å²) in [6, 6.07) is 0. The molecule has 0 heterocycles. The molecule has 10 heavy (non-hydrogen) atoms. The van der Waals surface area contributed by atoms with Gasteiger partial charge in [0.15, 0.2) is 0 Å². The number of hydrogen-bond acceptors (Lipinski definition) is 0. The van der Waals surface area contributed by atoms with Crippen molar-refractivity contribution >= 4 is 0 Å². The van der Waals surface area contributed by atoms with Crippen LogP contribution in [0, 0.1) is 0 Å². The van der Waals surface area contributed by atoms with E-state index in [9.17, 15) is 0 Å². The number of nitrogens with zero attached hydrogens (tertiary/aromatic N) is 3. The predicted octanol–water partition coefficient (Wildman–Crippen LogP) is 1.86. The van der Waals surface area contributed by atoms with Gasteiger partial charge in [-0.15, -0.1) is 0 Å². The Kier molecular flexibility index (Phi) is 119. The Morgan fingerprint density at radius 3 is 0.500 bits per heavy atom. The fourth-order valence-corrected chi connectivity index (χ4v) is 0. The molecule has 0 spiro atoms. The predicted molar refractivity (Wildman–Crippen MR) is 45.6 cm³/mol. The summed E-state index contributed by atoms with van der Waals surface area (Å²) in [5.41, 5.74) is 0. The summed E-state index contributed by atoms with van der Waals surface area (Å²) in [5.74, 6) is 0. The van der Waals surface area contributed by atoms with Gasteiger partial charge in [-0.2, -0.15) is 42.3 Å². The second kappa shape index (κ2) is 52.9. The summed E-state index contributed by atoms with van der Waals surface area (Å²) < 4.78 is 0. The zero-order valence-electron chi connectivity index (χ0n) is 7.84. The second-order valence-corrected chi connectivity index (χ2v) is 1.34. The first-order valence-corrected chi connectivity index (χ1v) is 2.68. The molecule has 0 aliphatic rings. The normalized spacial score (nSPS) is 5.40. The van der Waals surface area contributed by atoms with Crippen LogP contribution < -0.4 is 0 Å². The molecule has 0 atom stereocenters. The molecule has 0 fully saturated rings. The van der Waals surface area contributed by atoms with E-state index in [0.717, 1.165) is 0 Å². The SMILES string of the molecule is C[N-]C.C[N-]C.C[N-]C.[Zr+4]. The average Bonchev–Trinajstić information content (AvgIpc) is 1.70. The van der Waals surface area contributed by atoms with Gasteiger partial charge in [0, 0.05) is 0 Å². The standard InChI is InChI=1S/3C2H6N.Zr/c3*1-3-2;/h3*1-2H3;/q3*-1;+4. The second-order valence-electron chi connectivity index (χ2n) is 1.34. The van der Waals surface area contributed by atoms with Gasteiger partial charge in [-0.3, -0.25) is 0 Å². The molecular weight excluding hydrogens is 205 g/mol. The summed E-state index contributed by atoms with van der Waals surface area (Å²) in [6.45, 7) is 0. The summed E-state index contributed by atoms with van der Waals surface area (Å²) in [7, 11) is 10.5. The van der Waals surface area contributed by atoms with Crippen LogP contribution in [0.1, 0.15) is 0 Å². The van der Waals surface area contributed by atoms with E-state index in [1.807, 2.05) is 0 Å². The molecule has 0 rings (SSSR count). The van der Waals surface area contributed by atoms with Crippen molar-refractivity contribution in [2.75, 3.05) is 42.3 Å². The maximum absolute atomic E-state index is 3.50. The van der Waals surface area contributed by atoms with Gasteiger partial charge in [-0.25, -0.2) is 0 Å². The fourth-order valence-electron chi connectivity index (χ4n) is 0. The molecule has 0 aromatic heterocycles. The van der Waals surface area contributed by atoms with Crippen molar-refractivity contribution in [2.45, 2.75) is 0 Å². The average molecular weight is 223 g/mol. The van der Waals surface area contributed by atoms with Crippen LogP contribution in [-0.2, 0) is 26.2 Å². The van der Waals surface area contributed by atoms with Crippen LogP contribution in [0.15, 0.2) is 0 Å². The van der Waals surface area contributed by atoms with Crippen molar-refractivity contribution in [2.24, 2.45) is 0 Å². The molecule has 4 heteroatoms. The summed E-state index contributed by atoms with van der Waals surface area (Å²) in [6.07, 6.45) is 0. The summed E-state index contributed by atoms with van der Waals surface area (Å²) in [4.78, 5) is 0. The molecule has 0 saturated carbocycles. The van der Waals surface area contributed by atoms with Crippen LogP contribution in [0.5, 0.6) is 0 Å². The van der Waals surface area contributed by atoms with Gasteiger partial charge in [-0.1, -0.05) is 0 Å². The van der Waals surface area contributed by atoms with Gasteiger partial charge in [0.1, 0.15) is 0 Å². The summed E-state index contributed by atoms with van der Waals surface area (Å²) >= 11 is 0. The van der Waals surface area contributed by atoms with Gasteiger partial charge in [-0.05, 0) is 0 Å². The van der Waals surface area contributed by atoms with Crippen molar-refractivity contribution in [1.82, 2.24) is 0 Å². The molecule has 0 saturated heterocycles. The van der Waals surface area contributed by atoms with E-state index in [1.54, 1.807) is 42.3 Å². The van der Waals surface area contributed by atoms with Crippen molar-refractivity contribution in [3.63, 3.8) is 0 Å². The smallest absolute Gasteiger partial charge is 0.668 e. The maximum Gasteiger partial charge on any atom is 4.00 e. The Balaban J connectivity index is -0.0000000257. The van der Waals surface area contributed by atoms with Crippen LogP contribution in [0.4, 0.5) is 0 Å². The molecule has 60 valence electrons. The quantitative estimate of drug-likeness (QED) is 0.602. The zero-order valence-corrected chi connectivity index (χ0v) is 10.3. The van der Waals surface area contributed by atoms with E-state index in [1.165, 1.54) is 0 Å². The first-order chi connectivity index (χ1) is 4.24. The van der Waals surface area contributed by atoms with E-state index in [2.05, 4.69) is 16.0 Å². The Hall–Kier alpha value is 0.763. The molecule has 0 aromatic rings. The van der Waals surface area contributed by atoms with Gasteiger partial charge in [0.25, 0.3) is 0 Å². The van der Waals surface area contributed by atoms with Crippen molar-refractivity contribution in [3.8, 4) is 0 Å². The van der Waals surface area contributed by atoms with E-state index in [4.69, 9.17) is 0 Å². The summed E-state index contributed by atoms with van der Waals surface area (Å²) in [5, 5.41) is 10.5. The molecule has 0 aliphatic carbocycles. The minimum Gasteiger partial charge on any atom is -0.668 e. The van der Waals surface area contributed by atoms with Gasteiger partial charge in [0.2, 0.25) is 0 Å². The van der Waals surface area contributed by atoms with Crippen molar-refractivity contribution in [1.29, 1.82) is 0 Å². The maximum atomic E-state index is 3.50. The molecule has 3 nitrogen and oxygen atoms in total. The minimum absolute atomic E-state index is 0. The molecule has 0 radical (unpaired) electrons. The molecular formula is C6H18N3Zr+. The van der Waals surface area contributed by atoms with Gasteiger partial charge in [0.05, 0.1) is 0 Å². The van der Waals surface area contributed by atoms with Gasteiger partial charge < -0.3 is 16.0 Å².